The molecule has 4 heterocycles. The zero-order chi connectivity index (χ0) is 20.2. The second-order valence-corrected chi connectivity index (χ2v) is 8.02. The van der Waals surface area contributed by atoms with E-state index in [1.54, 1.807) is 29.7 Å². The van der Waals surface area contributed by atoms with Gasteiger partial charge in [-0.3, -0.25) is 4.90 Å². The Morgan fingerprint density at radius 1 is 1.31 bits per heavy atom. The monoisotopic (exact) mass is 406 g/mol. The SMILES string of the molecule is CN(C)c1ncc(CN2CCC[C@@H]2c2csc(Nc3cc(C#N)ccn3)n2)cn1. The van der Waals surface area contributed by atoms with Crippen LogP contribution >= 0.6 is 11.3 Å². The molecule has 1 fully saturated rings. The van der Waals surface area contributed by atoms with E-state index >= 15 is 0 Å². The van der Waals surface area contributed by atoms with Crippen LogP contribution in [0.1, 0.15) is 35.7 Å². The number of likely N-dealkylation sites (tertiary alicyclic amines) is 1. The van der Waals surface area contributed by atoms with E-state index in [0.717, 1.165) is 48.3 Å². The molecular formula is C20H22N8S. The Morgan fingerprint density at radius 2 is 2.14 bits per heavy atom. The van der Waals surface area contributed by atoms with Crippen LogP contribution in [0.5, 0.6) is 0 Å². The maximum absolute atomic E-state index is 9.03. The predicted molar refractivity (Wildman–Crippen MR) is 113 cm³/mol. The van der Waals surface area contributed by atoms with Crippen molar-refractivity contribution in [1.29, 1.82) is 5.26 Å². The summed E-state index contributed by atoms with van der Waals surface area (Å²) in [4.78, 5) is 22.2. The third kappa shape index (κ3) is 4.50. The summed E-state index contributed by atoms with van der Waals surface area (Å²) in [6, 6.07) is 5.82. The van der Waals surface area contributed by atoms with E-state index in [9.17, 15) is 0 Å². The standard InChI is InChI=1S/C20H22N8S/c1-27(2)19-23-10-15(11-24-19)12-28-7-3-4-17(28)16-13-29-20(25-16)26-18-8-14(9-21)5-6-22-18/h5-6,8,10-11,13,17H,3-4,7,12H2,1-2H3,(H,22,25,26)/t17-/m1/s1. The number of aromatic nitrogens is 4. The highest BCUT2D eigenvalue weighted by Crippen LogP contribution is 2.35. The second-order valence-electron chi connectivity index (χ2n) is 7.16. The van der Waals surface area contributed by atoms with Gasteiger partial charge in [0.25, 0.3) is 0 Å². The first-order valence-electron chi connectivity index (χ1n) is 9.43. The van der Waals surface area contributed by atoms with E-state index in [1.807, 2.05) is 31.4 Å². The molecule has 8 nitrogen and oxygen atoms in total. The molecule has 9 heteroatoms. The van der Waals surface area contributed by atoms with Gasteiger partial charge in [-0.1, -0.05) is 0 Å². The van der Waals surface area contributed by atoms with Gasteiger partial charge in [0.2, 0.25) is 5.95 Å². The van der Waals surface area contributed by atoms with Crippen molar-refractivity contribution < 1.29 is 0 Å². The fourth-order valence-corrected chi connectivity index (χ4v) is 4.18. The molecule has 3 aromatic rings. The molecule has 0 saturated carbocycles. The minimum Gasteiger partial charge on any atom is -0.347 e. The Hall–Kier alpha value is -3.09. The van der Waals surface area contributed by atoms with Crippen LogP contribution in [0, 0.1) is 11.3 Å². The van der Waals surface area contributed by atoms with Gasteiger partial charge >= 0.3 is 0 Å². The molecule has 148 valence electrons. The van der Waals surface area contributed by atoms with E-state index in [-0.39, 0.29) is 6.04 Å². The topological polar surface area (TPSA) is 93.9 Å². The molecule has 1 N–H and O–H groups in total. The van der Waals surface area contributed by atoms with Crippen molar-refractivity contribution >= 4 is 28.2 Å². The van der Waals surface area contributed by atoms with Crippen LogP contribution in [0.2, 0.25) is 0 Å². The van der Waals surface area contributed by atoms with Gasteiger partial charge in [-0.15, -0.1) is 11.3 Å². The number of thiazole rings is 1. The van der Waals surface area contributed by atoms with E-state index in [2.05, 4.69) is 36.6 Å². The Kier molecular flexibility index (Phi) is 5.64. The first-order valence-corrected chi connectivity index (χ1v) is 10.3. The lowest BCUT2D eigenvalue weighted by Gasteiger charge is -2.23. The summed E-state index contributed by atoms with van der Waals surface area (Å²) in [5.74, 6) is 1.35. The lowest BCUT2D eigenvalue weighted by Crippen LogP contribution is -2.23. The molecule has 1 aliphatic rings. The Balaban J connectivity index is 1.44. The van der Waals surface area contributed by atoms with Crippen molar-refractivity contribution in [1.82, 2.24) is 24.8 Å². The molecule has 0 bridgehead atoms. The van der Waals surface area contributed by atoms with Crippen molar-refractivity contribution in [2.45, 2.75) is 25.4 Å². The Labute approximate surface area is 173 Å². The minimum absolute atomic E-state index is 0.286. The molecule has 0 aromatic carbocycles. The maximum Gasteiger partial charge on any atom is 0.224 e. The van der Waals surface area contributed by atoms with E-state index < -0.39 is 0 Å². The van der Waals surface area contributed by atoms with Crippen LogP contribution in [-0.4, -0.2) is 45.5 Å². The summed E-state index contributed by atoms with van der Waals surface area (Å²) in [7, 11) is 3.87. The average molecular weight is 407 g/mol. The summed E-state index contributed by atoms with van der Waals surface area (Å²) >= 11 is 1.56. The van der Waals surface area contributed by atoms with Crippen LogP contribution in [0.15, 0.2) is 36.1 Å². The smallest absolute Gasteiger partial charge is 0.224 e. The first-order chi connectivity index (χ1) is 14.1. The quantitative estimate of drug-likeness (QED) is 0.666. The van der Waals surface area contributed by atoms with Crippen LogP contribution in [0.3, 0.4) is 0 Å². The van der Waals surface area contributed by atoms with Crippen molar-refractivity contribution in [2.75, 3.05) is 30.9 Å². The lowest BCUT2D eigenvalue weighted by molar-refractivity contribution is 0.244. The summed E-state index contributed by atoms with van der Waals surface area (Å²) in [5.41, 5.74) is 2.75. The third-order valence-corrected chi connectivity index (χ3v) is 5.60. The number of nitrogens with one attached hydrogen (secondary N) is 1. The van der Waals surface area contributed by atoms with E-state index in [0.29, 0.717) is 11.4 Å². The lowest BCUT2D eigenvalue weighted by atomic mass is 10.1. The summed E-state index contributed by atoms with van der Waals surface area (Å²) < 4.78 is 0. The third-order valence-electron chi connectivity index (χ3n) is 4.83. The molecule has 0 spiro atoms. The molecule has 1 aliphatic heterocycles. The zero-order valence-electron chi connectivity index (χ0n) is 16.4. The van der Waals surface area contributed by atoms with Gasteiger partial charge in [-0.2, -0.15) is 5.26 Å². The number of anilines is 3. The Bertz CT molecular complexity index is 1010. The molecule has 0 unspecified atom stereocenters. The van der Waals surface area contributed by atoms with Crippen molar-refractivity contribution in [3.8, 4) is 6.07 Å². The fourth-order valence-electron chi connectivity index (χ4n) is 3.42. The van der Waals surface area contributed by atoms with Crippen molar-refractivity contribution in [3.05, 3.63) is 52.9 Å². The number of hydrogen-bond donors (Lipinski definition) is 1. The molecule has 0 aliphatic carbocycles. The maximum atomic E-state index is 9.03. The Morgan fingerprint density at radius 3 is 2.90 bits per heavy atom. The number of rotatable bonds is 6. The summed E-state index contributed by atoms with van der Waals surface area (Å²) in [6.45, 7) is 1.84. The molecule has 1 atom stereocenters. The molecule has 1 saturated heterocycles. The average Bonchev–Trinajstić information content (AvgIpc) is 3.38. The normalized spacial score (nSPS) is 16.5. The largest absolute Gasteiger partial charge is 0.347 e. The highest BCUT2D eigenvalue weighted by molar-refractivity contribution is 7.13. The second kappa shape index (κ2) is 8.51. The van der Waals surface area contributed by atoms with Gasteiger partial charge in [-0.05, 0) is 31.5 Å². The van der Waals surface area contributed by atoms with Gasteiger partial charge < -0.3 is 10.2 Å². The zero-order valence-corrected chi connectivity index (χ0v) is 17.2. The number of pyridine rings is 1. The number of nitrogens with zero attached hydrogens (tertiary/aromatic N) is 7. The van der Waals surface area contributed by atoms with Gasteiger partial charge in [0, 0.05) is 50.2 Å². The number of hydrogen-bond acceptors (Lipinski definition) is 9. The number of nitriles is 1. The molecule has 29 heavy (non-hydrogen) atoms. The van der Waals surface area contributed by atoms with Crippen molar-refractivity contribution in [3.63, 3.8) is 0 Å². The van der Waals surface area contributed by atoms with E-state index in [4.69, 9.17) is 10.2 Å². The van der Waals surface area contributed by atoms with Gasteiger partial charge in [-0.25, -0.2) is 19.9 Å². The molecule has 3 aromatic heterocycles. The van der Waals surface area contributed by atoms with E-state index in [1.165, 1.54) is 0 Å². The highest BCUT2D eigenvalue weighted by Gasteiger charge is 2.28. The summed E-state index contributed by atoms with van der Waals surface area (Å²) in [5, 5.41) is 15.1. The first kappa shape index (κ1) is 19.2. The van der Waals surface area contributed by atoms with Gasteiger partial charge in [0.05, 0.1) is 23.4 Å². The van der Waals surface area contributed by atoms with Crippen LogP contribution in [0.25, 0.3) is 0 Å². The molecule has 0 amide bonds. The van der Waals surface area contributed by atoms with Crippen LogP contribution in [-0.2, 0) is 6.54 Å². The summed E-state index contributed by atoms with van der Waals surface area (Å²) in [6.07, 6.45) is 7.66. The van der Waals surface area contributed by atoms with Crippen molar-refractivity contribution in [2.24, 2.45) is 0 Å². The van der Waals surface area contributed by atoms with Gasteiger partial charge in [0.1, 0.15) is 5.82 Å². The van der Waals surface area contributed by atoms with Gasteiger partial charge in [0.15, 0.2) is 5.13 Å². The van der Waals surface area contributed by atoms with Crippen LogP contribution < -0.4 is 10.2 Å². The molecular weight excluding hydrogens is 384 g/mol. The van der Waals surface area contributed by atoms with Crippen LogP contribution in [0.4, 0.5) is 16.9 Å². The minimum atomic E-state index is 0.286. The predicted octanol–water partition coefficient (Wildman–Crippen LogP) is 3.35. The fraction of sp³-hybridized carbons (Fsp3) is 0.350. The molecule has 4 rings (SSSR count). The molecule has 0 radical (unpaired) electrons. The highest BCUT2D eigenvalue weighted by atomic mass is 32.1.